The highest BCUT2D eigenvalue weighted by Crippen LogP contribution is 2.30. The van der Waals surface area contributed by atoms with Crippen LogP contribution in [0, 0.1) is 5.92 Å². The van der Waals surface area contributed by atoms with Crippen molar-refractivity contribution in [3.63, 3.8) is 0 Å². The lowest BCUT2D eigenvalue weighted by atomic mass is 9.87. The molecule has 2 aliphatic rings. The molecule has 1 amide bonds. The number of piperazine rings is 1. The van der Waals surface area contributed by atoms with Gasteiger partial charge >= 0.3 is 0 Å². The molecule has 7 nitrogen and oxygen atoms in total. The van der Waals surface area contributed by atoms with Crippen LogP contribution in [-0.4, -0.2) is 84.2 Å². The zero-order chi connectivity index (χ0) is 27.2. The number of carbonyl (C=O) groups excluding carboxylic acids is 1. The number of rotatable bonds is 9. The summed E-state index contributed by atoms with van der Waals surface area (Å²) >= 11 is 0. The Hall–Kier alpha value is -3.00. The lowest BCUT2D eigenvalue weighted by Gasteiger charge is -2.40. The van der Waals surface area contributed by atoms with Crippen LogP contribution in [-0.2, 0) is 22.6 Å². The Morgan fingerprint density at radius 3 is 2.56 bits per heavy atom. The van der Waals surface area contributed by atoms with E-state index in [0.717, 1.165) is 69.9 Å². The van der Waals surface area contributed by atoms with Gasteiger partial charge in [-0.15, -0.1) is 0 Å². The number of hydrogen-bond donors (Lipinski definition) is 0. The molecule has 5 rings (SSSR count). The maximum Gasteiger partial charge on any atom is 0.225 e. The van der Waals surface area contributed by atoms with Crippen LogP contribution in [0.4, 0.5) is 0 Å². The fraction of sp³-hybridized carbons (Fsp3) is 0.500. The van der Waals surface area contributed by atoms with Crippen LogP contribution in [0.25, 0.3) is 10.9 Å². The van der Waals surface area contributed by atoms with Crippen molar-refractivity contribution in [3.8, 4) is 5.75 Å². The van der Waals surface area contributed by atoms with Crippen molar-refractivity contribution in [2.75, 3.05) is 53.0 Å². The van der Waals surface area contributed by atoms with E-state index in [2.05, 4.69) is 89.1 Å². The molecule has 0 spiro atoms. The first-order valence-corrected chi connectivity index (χ1v) is 14.2. The van der Waals surface area contributed by atoms with Crippen molar-refractivity contribution < 1.29 is 14.3 Å². The second kappa shape index (κ2) is 12.5. The maximum atomic E-state index is 13.0. The molecule has 1 unspecified atom stereocenters. The van der Waals surface area contributed by atoms with Gasteiger partial charge in [0.25, 0.3) is 0 Å². The first kappa shape index (κ1) is 27.6. The third-order valence-corrected chi connectivity index (χ3v) is 7.90. The van der Waals surface area contributed by atoms with Crippen molar-refractivity contribution in [2.24, 2.45) is 5.92 Å². The maximum absolute atomic E-state index is 13.0. The molecule has 208 valence electrons. The van der Waals surface area contributed by atoms with Gasteiger partial charge in [0.1, 0.15) is 12.4 Å². The number of hydrogen-bond acceptors (Lipinski definition) is 6. The van der Waals surface area contributed by atoms with Gasteiger partial charge in [0, 0.05) is 69.9 Å². The zero-order valence-electron chi connectivity index (χ0n) is 23.6. The Kier molecular flexibility index (Phi) is 8.80. The molecule has 0 saturated carbocycles. The predicted octanol–water partition coefficient (Wildman–Crippen LogP) is 4.60. The first-order valence-electron chi connectivity index (χ1n) is 14.2. The van der Waals surface area contributed by atoms with Crippen molar-refractivity contribution in [1.29, 1.82) is 0 Å². The summed E-state index contributed by atoms with van der Waals surface area (Å²) in [5.41, 5.74) is 3.39. The van der Waals surface area contributed by atoms with E-state index in [0.29, 0.717) is 19.1 Å². The van der Waals surface area contributed by atoms with Crippen LogP contribution in [0.2, 0.25) is 0 Å². The summed E-state index contributed by atoms with van der Waals surface area (Å²) in [6.07, 6.45) is 3.49. The Bertz CT molecular complexity index is 1240. The van der Waals surface area contributed by atoms with Crippen LogP contribution in [0.1, 0.15) is 37.8 Å². The Morgan fingerprint density at radius 2 is 1.79 bits per heavy atom. The van der Waals surface area contributed by atoms with Gasteiger partial charge in [-0.1, -0.05) is 24.3 Å². The van der Waals surface area contributed by atoms with Crippen molar-refractivity contribution >= 4 is 16.8 Å². The molecule has 0 bridgehead atoms. The summed E-state index contributed by atoms with van der Waals surface area (Å²) in [6.45, 7) is 11.5. The van der Waals surface area contributed by atoms with Gasteiger partial charge in [0.2, 0.25) is 5.91 Å². The number of carbonyl (C=O) groups is 1. The molecule has 0 N–H and O–H groups in total. The standard InChI is InChI=1S/C32H42N4O3/c1-32(2)22-28(12-19-39-32)31(37)36-16-14-35(15-17-36)18-20-38-29-9-6-25(7-10-29)23-34(3)24-26-8-11-30-27(21-26)5-4-13-33-30/h4-11,13,21,28H,12,14-20,22-24H2,1-3H3. The highest BCUT2D eigenvalue weighted by Gasteiger charge is 2.35. The van der Waals surface area contributed by atoms with Gasteiger partial charge in [-0.2, -0.15) is 0 Å². The monoisotopic (exact) mass is 530 g/mol. The smallest absolute Gasteiger partial charge is 0.225 e. The average molecular weight is 531 g/mol. The van der Waals surface area contributed by atoms with E-state index >= 15 is 0 Å². The fourth-order valence-corrected chi connectivity index (χ4v) is 5.78. The number of aromatic nitrogens is 1. The van der Waals surface area contributed by atoms with E-state index in [-0.39, 0.29) is 11.5 Å². The van der Waals surface area contributed by atoms with Crippen LogP contribution in [0.3, 0.4) is 0 Å². The molecule has 7 heteroatoms. The number of fused-ring (bicyclic) bond motifs is 1. The second-order valence-corrected chi connectivity index (χ2v) is 11.7. The molecule has 2 fully saturated rings. The van der Waals surface area contributed by atoms with Gasteiger partial charge in [0.05, 0.1) is 11.1 Å². The van der Waals surface area contributed by atoms with Crippen molar-refractivity contribution in [3.05, 3.63) is 71.9 Å². The molecule has 1 aromatic heterocycles. The van der Waals surface area contributed by atoms with Crippen LogP contribution < -0.4 is 4.74 Å². The molecule has 3 heterocycles. The molecule has 2 aliphatic heterocycles. The minimum absolute atomic E-state index is 0.0997. The van der Waals surface area contributed by atoms with Gasteiger partial charge in [-0.25, -0.2) is 0 Å². The Morgan fingerprint density at radius 1 is 1.05 bits per heavy atom. The van der Waals surface area contributed by atoms with Crippen LogP contribution >= 0.6 is 0 Å². The summed E-state index contributed by atoms with van der Waals surface area (Å²) in [6, 6.07) is 19.0. The molecule has 2 saturated heterocycles. The summed E-state index contributed by atoms with van der Waals surface area (Å²) in [4.78, 5) is 24.2. The van der Waals surface area contributed by atoms with E-state index in [1.54, 1.807) is 0 Å². The zero-order valence-corrected chi connectivity index (χ0v) is 23.6. The van der Waals surface area contributed by atoms with Crippen molar-refractivity contribution in [1.82, 2.24) is 19.7 Å². The molecule has 2 aromatic carbocycles. The minimum atomic E-state index is -0.193. The number of ether oxygens (including phenoxy) is 2. The highest BCUT2D eigenvalue weighted by molar-refractivity contribution is 5.79. The number of pyridine rings is 1. The lowest BCUT2D eigenvalue weighted by molar-refractivity contribution is -0.147. The molecule has 1 atom stereocenters. The average Bonchev–Trinajstić information content (AvgIpc) is 2.93. The summed E-state index contributed by atoms with van der Waals surface area (Å²) in [5.74, 6) is 1.31. The molecule has 39 heavy (non-hydrogen) atoms. The topological polar surface area (TPSA) is 58.1 Å². The summed E-state index contributed by atoms with van der Waals surface area (Å²) < 4.78 is 11.8. The Balaban J connectivity index is 1.01. The number of amides is 1. The second-order valence-electron chi connectivity index (χ2n) is 11.7. The van der Waals surface area contributed by atoms with E-state index in [1.807, 2.05) is 12.3 Å². The lowest BCUT2D eigenvalue weighted by Crippen LogP contribution is -2.52. The SMILES string of the molecule is CN(Cc1ccc(OCCN2CCN(C(=O)C3CCOC(C)(C)C3)CC2)cc1)Cc1ccc2ncccc2c1. The quantitative estimate of drug-likeness (QED) is 0.403. The van der Waals surface area contributed by atoms with Gasteiger partial charge < -0.3 is 14.4 Å². The number of benzene rings is 2. The molecule has 0 aliphatic carbocycles. The van der Waals surface area contributed by atoms with Crippen molar-refractivity contribution in [2.45, 2.75) is 45.4 Å². The largest absolute Gasteiger partial charge is 0.492 e. The molecular formula is C32H42N4O3. The van der Waals surface area contributed by atoms with E-state index in [4.69, 9.17) is 9.47 Å². The van der Waals surface area contributed by atoms with E-state index in [1.165, 1.54) is 16.5 Å². The number of nitrogens with zero attached hydrogens (tertiary/aromatic N) is 4. The van der Waals surface area contributed by atoms with Gasteiger partial charge in [-0.05, 0) is 75.2 Å². The minimum Gasteiger partial charge on any atom is -0.492 e. The van der Waals surface area contributed by atoms with Crippen LogP contribution in [0.15, 0.2) is 60.8 Å². The molecule has 0 radical (unpaired) electrons. The Labute approximate surface area is 232 Å². The third-order valence-electron chi connectivity index (χ3n) is 7.90. The predicted molar refractivity (Wildman–Crippen MR) is 155 cm³/mol. The van der Waals surface area contributed by atoms with Gasteiger partial charge in [-0.3, -0.25) is 19.6 Å². The van der Waals surface area contributed by atoms with E-state index in [9.17, 15) is 4.79 Å². The summed E-state index contributed by atoms with van der Waals surface area (Å²) in [5, 5.41) is 1.18. The highest BCUT2D eigenvalue weighted by atomic mass is 16.5. The van der Waals surface area contributed by atoms with Crippen LogP contribution in [0.5, 0.6) is 5.75 Å². The first-order chi connectivity index (χ1) is 18.8. The molecule has 3 aromatic rings. The fourth-order valence-electron chi connectivity index (χ4n) is 5.78. The van der Waals surface area contributed by atoms with E-state index < -0.39 is 0 Å². The molecular weight excluding hydrogens is 488 g/mol. The normalized spacial score (nSPS) is 19.9. The summed E-state index contributed by atoms with van der Waals surface area (Å²) in [7, 11) is 2.15. The van der Waals surface area contributed by atoms with Gasteiger partial charge in [0.15, 0.2) is 0 Å². The third kappa shape index (κ3) is 7.56.